The number of hydrogen-bond acceptors (Lipinski definition) is 2. The van der Waals surface area contributed by atoms with E-state index in [0.717, 1.165) is 11.3 Å². The van der Waals surface area contributed by atoms with Crippen molar-refractivity contribution in [1.29, 1.82) is 5.26 Å². The molecule has 0 radical (unpaired) electrons. The van der Waals surface area contributed by atoms with Crippen molar-refractivity contribution in [3.8, 4) is 6.07 Å². The highest BCUT2D eigenvalue weighted by molar-refractivity contribution is 5.85. The molecule has 0 saturated heterocycles. The predicted octanol–water partition coefficient (Wildman–Crippen LogP) is 1.82. The lowest BCUT2D eigenvalue weighted by molar-refractivity contribution is 0.983. The van der Waals surface area contributed by atoms with Crippen LogP contribution in [0.2, 0.25) is 0 Å². The SMILES string of the molecule is CC(C)=C(C)N=C(N)C(C)C#N. The van der Waals surface area contributed by atoms with E-state index >= 15 is 0 Å². The van der Waals surface area contributed by atoms with Crippen LogP contribution in [-0.4, -0.2) is 5.84 Å². The summed E-state index contributed by atoms with van der Waals surface area (Å²) >= 11 is 0. The lowest BCUT2D eigenvalue weighted by atomic mass is 10.2. The highest BCUT2D eigenvalue weighted by atomic mass is 14.9. The Morgan fingerprint density at radius 1 is 1.42 bits per heavy atom. The van der Waals surface area contributed by atoms with Gasteiger partial charge in [0.2, 0.25) is 0 Å². The van der Waals surface area contributed by atoms with E-state index in [0.29, 0.717) is 5.84 Å². The van der Waals surface area contributed by atoms with Crippen molar-refractivity contribution in [2.45, 2.75) is 27.7 Å². The Hall–Kier alpha value is -1.30. The zero-order chi connectivity index (χ0) is 9.72. The quantitative estimate of drug-likeness (QED) is 0.501. The Morgan fingerprint density at radius 3 is 2.25 bits per heavy atom. The number of hydrogen-bond donors (Lipinski definition) is 1. The van der Waals surface area contributed by atoms with Crippen molar-refractivity contribution < 1.29 is 0 Å². The third-order valence-corrected chi connectivity index (χ3v) is 1.66. The average molecular weight is 165 g/mol. The van der Waals surface area contributed by atoms with Gasteiger partial charge in [0.1, 0.15) is 11.8 Å². The first-order valence-corrected chi connectivity index (χ1v) is 3.86. The van der Waals surface area contributed by atoms with Crippen LogP contribution in [0.5, 0.6) is 0 Å². The van der Waals surface area contributed by atoms with Gasteiger partial charge in [-0.05, 0) is 27.7 Å². The van der Waals surface area contributed by atoms with Crippen LogP contribution >= 0.6 is 0 Å². The number of nitrogens with two attached hydrogens (primary N) is 1. The van der Waals surface area contributed by atoms with Crippen LogP contribution in [0.1, 0.15) is 27.7 Å². The zero-order valence-electron chi connectivity index (χ0n) is 8.05. The number of rotatable bonds is 2. The smallest absolute Gasteiger partial charge is 0.116 e. The highest BCUT2D eigenvalue weighted by Gasteiger charge is 2.03. The summed E-state index contributed by atoms with van der Waals surface area (Å²) in [4.78, 5) is 4.10. The minimum atomic E-state index is -0.306. The topological polar surface area (TPSA) is 62.2 Å². The van der Waals surface area contributed by atoms with E-state index in [1.807, 2.05) is 26.8 Å². The first-order valence-electron chi connectivity index (χ1n) is 3.86. The molecule has 2 N–H and O–H groups in total. The molecule has 0 aromatic carbocycles. The molecule has 0 fully saturated rings. The first-order chi connectivity index (χ1) is 5.49. The van der Waals surface area contributed by atoms with Gasteiger partial charge in [-0.3, -0.25) is 0 Å². The number of nitrogens with zero attached hydrogens (tertiary/aromatic N) is 2. The van der Waals surface area contributed by atoms with E-state index in [-0.39, 0.29) is 5.92 Å². The number of amidine groups is 1. The van der Waals surface area contributed by atoms with E-state index in [1.165, 1.54) is 0 Å². The van der Waals surface area contributed by atoms with E-state index in [4.69, 9.17) is 11.0 Å². The van der Waals surface area contributed by atoms with Crippen molar-refractivity contribution in [3.63, 3.8) is 0 Å². The largest absolute Gasteiger partial charge is 0.386 e. The highest BCUT2D eigenvalue weighted by Crippen LogP contribution is 2.04. The first kappa shape index (κ1) is 10.7. The zero-order valence-corrected chi connectivity index (χ0v) is 8.05. The molecule has 0 bridgehead atoms. The van der Waals surface area contributed by atoms with E-state index < -0.39 is 0 Å². The molecule has 3 nitrogen and oxygen atoms in total. The van der Waals surface area contributed by atoms with Gasteiger partial charge < -0.3 is 5.73 Å². The van der Waals surface area contributed by atoms with E-state index in [2.05, 4.69) is 4.99 Å². The summed E-state index contributed by atoms with van der Waals surface area (Å²) in [6.45, 7) is 7.54. The lowest BCUT2D eigenvalue weighted by Gasteiger charge is -2.02. The van der Waals surface area contributed by atoms with E-state index in [1.54, 1.807) is 6.92 Å². The Kier molecular flexibility index (Phi) is 4.06. The summed E-state index contributed by atoms with van der Waals surface area (Å²) in [6.07, 6.45) is 0. The molecule has 0 aliphatic heterocycles. The summed E-state index contributed by atoms with van der Waals surface area (Å²) < 4.78 is 0. The van der Waals surface area contributed by atoms with Gasteiger partial charge in [0.25, 0.3) is 0 Å². The van der Waals surface area contributed by atoms with Crippen LogP contribution in [-0.2, 0) is 0 Å². The second-order valence-electron chi connectivity index (χ2n) is 2.97. The molecule has 66 valence electrons. The molecular weight excluding hydrogens is 150 g/mol. The molecular formula is C9H15N3. The van der Waals surface area contributed by atoms with Crippen molar-refractivity contribution in [1.82, 2.24) is 0 Å². The van der Waals surface area contributed by atoms with Crippen molar-refractivity contribution in [2.24, 2.45) is 16.6 Å². The van der Waals surface area contributed by atoms with Crippen molar-refractivity contribution >= 4 is 5.84 Å². The summed E-state index contributed by atoms with van der Waals surface area (Å²) in [7, 11) is 0. The summed E-state index contributed by atoms with van der Waals surface area (Å²) in [5.74, 6) is 0.0792. The van der Waals surface area contributed by atoms with Crippen molar-refractivity contribution in [2.75, 3.05) is 0 Å². The standard InChI is InChI=1S/C9H15N3/c1-6(2)8(4)12-9(11)7(3)5-10/h7H,1-4H3,(H2,11,12). The minimum absolute atomic E-state index is 0.306. The van der Waals surface area contributed by atoms with Gasteiger partial charge in [-0.15, -0.1) is 0 Å². The van der Waals surface area contributed by atoms with Crippen LogP contribution in [0.4, 0.5) is 0 Å². The molecule has 0 amide bonds. The molecule has 0 saturated carbocycles. The maximum atomic E-state index is 8.53. The molecule has 1 atom stereocenters. The third-order valence-electron chi connectivity index (χ3n) is 1.66. The molecule has 0 rings (SSSR count). The van der Waals surface area contributed by atoms with Crippen LogP contribution in [0, 0.1) is 17.2 Å². The molecule has 0 aromatic rings. The van der Waals surface area contributed by atoms with Gasteiger partial charge in [-0.25, -0.2) is 4.99 Å². The van der Waals surface area contributed by atoms with Crippen LogP contribution in [0.15, 0.2) is 16.3 Å². The third kappa shape index (κ3) is 3.20. The summed E-state index contributed by atoms with van der Waals surface area (Å²) in [5.41, 5.74) is 7.56. The number of aliphatic imine (C=N–C) groups is 1. The molecule has 3 heteroatoms. The average Bonchev–Trinajstić information content (AvgIpc) is 2.02. The van der Waals surface area contributed by atoms with Gasteiger partial charge >= 0.3 is 0 Å². The fraction of sp³-hybridized carbons (Fsp3) is 0.556. The fourth-order valence-electron chi connectivity index (χ4n) is 0.468. The Morgan fingerprint density at radius 2 is 1.92 bits per heavy atom. The predicted molar refractivity (Wildman–Crippen MR) is 50.4 cm³/mol. The molecule has 0 aromatic heterocycles. The van der Waals surface area contributed by atoms with Crippen LogP contribution in [0.25, 0.3) is 0 Å². The summed E-state index contributed by atoms with van der Waals surface area (Å²) in [5, 5.41) is 8.53. The van der Waals surface area contributed by atoms with Crippen LogP contribution in [0.3, 0.4) is 0 Å². The maximum Gasteiger partial charge on any atom is 0.116 e. The number of allylic oxidation sites excluding steroid dienone is 2. The monoisotopic (exact) mass is 165 g/mol. The molecule has 1 unspecified atom stereocenters. The Labute approximate surface area is 73.6 Å². The Balaban J connectivity index is 4.61. The van der Waals surface area contributed by atoms with Gasteiger partial charge in [0, 0.05) is 5.70 Å². The number of nitriles is 1. The van der Waals surface area contributed by atoms with Gasteiger partial charge in [0.05, 0.1) is 6.07 Å². The maximum absolute atomic E-state index is 8.53. The summed E-state index contributed by atoms with van der Waals surface area (Å²) in [6, 6.07) is 2.03. The molecule has 12 heavy (non-hydrogen) atoms. The fourth-order valence-corrected chi connectivity index (χ4v) is 0.468. The minimum Gasteiger partial charge on any atom is -0.386 e. The van der Waals surface area contributed by atoms with Gasteiger partial charge in [-0.2, -0.15) is 5.26 Å². The Bertz CT molecular complexity index is 251. The molecule has 0 spiro atoms. The van der Waals surface area contributed by atoms with Crippen LogP contribution < -0.4 is 5.73 Å². The van der Waals surface area contributed by atoms with Gasteiger partial charge in [0.15, 0.2) is 0 Å². The van der Waals surface area contributed by atoms with E-state index in [9.17, 15) is 0 Å². The van der Waals surface area contributed by atoms with Gasteiger partial charge in [-0.1, -0.05) is 5.57 Å². The molecule has 0 aliphatic carbocycles. The van der Waals surface area contributed by atoms with Crippen molar-refractivity contribution in [3.05, 3.63) is 11.3 Å². The normalized spacial score (nSPS) is 13.4. The second-order valence-corrected chi connectivity index (χ2v) is 2.97. The molecule has 0 heterocycles. The molecule has 0 aliphatic rings. The lowest BCUT2D eigenvalue weighted by Crippen LogP contribution is -2.19. The second kappa shape index (κ2) is 4.55.